The molecule has 108 valence electrons. The van der Waals surface area contributed by atoms with Crippen molar-refractivity contribution in [1.29, 1.82) is 0 Å². The van der Waals surface area contributed by atoms with Crippen molar-refractivity contribution in [3.63, 3.8) is 0 Å². The highest BCUT2D eigenvalue weighted by Crippen LogP contribution is 2.30. The second-order valence-corrected chi connectivity index (χ2v) is 5.17. The normalized spacial score (nSPS) is 19.4. The molecule has 19 heavy (non-hydrogen) atoms. The van der Waals surface area contributed by atoms with Crippen molar-refractivity contribution in [2.24, 2.45) is 5.16 Å². The lowest BCUT2D eigenvalue weighted by Crippen LogP contribution is -2.30. The first kappa shape index (κ1) is 15.7. The first-order valence-corrected chi connectivity index (χ1v) is 6.93. The predicted molar refractivity (Wildman–Crippen MR) is 71.9 cm³/mol. The second-order valence-electron chi connectivity index (χ2n) is 5.17. The van der Waals surface area contributed by atoms with Crippen molar-refractivity contribution in [1.82, 2.24) is 0 Å². The Morgan fingerprint density at radius 2 is 1.74 bits per heavy atom. The van der Waals surface area contributed by atoms with Crippen LogP contribution in [0.2, 0.25) is 0 Å². The molecule has 0 unspecified atom stereocenters. The van der Waals surface area contributed by atoms with Crippen molar-refractivity contribution >= 4 is 17.5 Å². The fourth-order valence-corrected chi connectivity index (χ4v) is 2.17. The van der Waals surface area contributed by atoms with Gasteiger partial charge >= 0.3 is 5.97 Å². The first-order valence-electron chi connectivity index (χ1n) is 6.93. The Kier molecular flexibility index (Phi) is 5.99. The molecule has 1 aliphatic carbocycles. The summed E-state index contributed by atoms with van der Waals surface area (Å²) in [4.78, 5) is 28.5. The molecular formula is C14H23NO4. The minimum absolute atomic E-state index is 0.211. The highest BCUT2D eigenvalue weighted by Gasteiger charge is 2.29. The summed E-state index contributed by atoms with van der Waals surface area (Å²) in [5, 5.41) is 3.77. The van der Waals surface area contributed by atoms with Crippen LogP contribution in [0, 0.1) is 0 Å². The number of esters is 1. The number of ether oxygens (including phenoxy) is 1. The lowest BCUT2D eigenvalue weighted by molar-refractivity contribution is -0.136. The molecule has 0 N–H and O–H groups in total. The molecule has 0 bridgehead atoms. The molecule has 5 nitrogen and oxygen atoms in total. The lowest BCUT2D eigenvalue weighted by Gasteiger charge is -2.25. The molecule has 0 amide bonds. The average Bonchev–Trinajstić information content (AvgIpc) is 2.54. The number of ketones is 1. The van der Waals surface area contributed by atoms with Gasteiger partial charge in [-0.05, 0) is 39.5 Å². The summed E-state index contributed by atoms with van der Waals surface area (Å²) in [6, 6.07) is 0. The third-order valence-corrected chi connectivity index (χ3v) is 3.32. The van der Waals surface area contributed by atoms with E-state index in [4.69, 9.17) is 9.57 Å². The van der Waals surface area contributed by atoms with Crippen LogP contribution in [0.4, 0.5) is 0 Å². The van der Waals surface area contributed by atoms with E-state index in [0.717, 1.165) is 25.7 Å². The summed E-state index contributed by atoms with van der Waals surface area (Å²) >= 11 is 0. The van der Waals surface area contributed by atoms with Gasteiger partial charge in [-0.15, -0.1) is 0 Å². The van der Waals surface area contributed by atoms with E-state index in [1.807, 2.05) is 6.92 Å². The molecule has 0 radical (unpaired) electrons. The van der Waals surface area contributed by atoms with Gasteiger partial charge in [0, 0.05) is 6.92 Å². The molecule has 0 aliphatic heterocycles. The van der Waals surface area contributed by atoms with Gasteiger partial charge in [0.1, 0.15) is 5.60 Å². The molecule has 0 spiro atoms. The van der Waals surface area contributed by atoms with Crippen molar-refractivity contribution < 1.29 is 19.2 Å². The van der Waals surface area contributed by atoms with E-state index in [1.54, 1.807) is 6.92 Å². The minimum atomic E-state index is -0.716. The van der Waals surface area contributed by atoms with Crippen molar-refractivity contribution in [2.45, 2.75) is 64.9 Å². The van der Waals surface area contributed by atoms with Crippen LogP contribution < -0.4 is 0 Å². The molecule has 1 fully saturated rings. The number of nitrogens with zero attached hydrogens (tertiary/aromatic N) is 1. The topological polar surface area (TPSA) is 65.0 Å². The van der Waals surface area contributed by atoms with Crippen LogP contribution in [0.15, 0.2) is 5.16 Å². The summed E-state index contributed by atoms with van der Waals surface area (Å²) in [5.74, 6) is -1.15. The zero-order chi connectivity index (χ0) is 14.3. The van der Waals surface area contributed by atoms with Gasteiger partial charge in [0.05, 0.1) is 6.61 Å². The van der Waals surface area contributed by atoms with Gasteiger partial charge in [0.2, 0.25) is 5.71 Å². The number of carbonyl (C=O) groups is 2. The van der Waals surface area contributed by atoms with Crippen LogP contribution in [0.25, 0.3) is 0 Å². The van der Waals surface area contributed by atoms with E-state index < -0.39 is 11.8 Å². The van der Waals surface area contributed by atoms with Crippen LogP contribution in [0.5, 0.6) is 0 Å². The molecule has 0 saturated heterocycles. The number of hydrogen-bond donors (Lipinski definition) is 0. The maximum Gasteiger partial charge on any atom is 0.364 e. The zero-order valence-electron chi connectivity index (χ0n) is 12.0. The molecule has 5 heteroatoms. The van der Waals surface area contributed by atoms with Gasteiger partial charge in [-0.2, -0.15) is 0 Å². The van der Waals surface area contributed by atoms with E-state index in [2.05, 4.69) is 5.16 Å². The Morgan fingerprint density at radius 3 is 2.21 bits per heavy atom. The van der Waals surface area contributed by atoms with E-state index in [9.17, 15) is 9.59 Å². The SMILES string of the molecule is CCOC(=O)/C(=N\OC1(C)CCCCCC1)C(C)=O. The standard InChI is InChI=1S/C14H23NO4/c1-4-18-13(17)12(11(2)16)15-19-14(3)9-7-5-6-8-10-14/h4-10H2,1-3H3/b15-12-. The Labute approximate surface area is 114 Å². The third-order valence-electron chi connectivity index (χ3n) is 3.32. The van der Waals surface area contributed by atoms with E-state index in [1.165, 1.54) is 19.8 Å². The summed E-state index contributed by atoms with van der Waals surface area (Å²) < 4.78 is 4.79. The van der Waals surface area contributed by atoms with Crippen molar-refractivity contribution in [3.05, 3.63) is 0 Å². The fourth-order valence-electron chi connectivity index (χ4n) is 2.17. The zero-order valence-corrected chi connectivity index (χ0v) is 12.0. The highest BCUT2D eigenvalue weighted by atomic mass is 16.7. The number of Topliss-reactive ketones (excluding diaryl/α,β-unsaturated/α-hetero) is 1. The molecular weight excluding hydrogens is 246 g/mol. The number of carbonyl (C=O) groups excluding carboxylic acids is 2. The molecule has 0 aromatic carbocycles. The lowest BCUT2D eigenvalue weighted by atomic mass is 9.97. The molecule has 0 heterocycles. The fraction of sp³-hybridized carbons (Fsp3) is 0.786. The minimum Gasteiger partial charge on any atom is -0.461 e. The van der Waals surface area contributed by atoms with Gasteiger partial charge in [-0.1, -0.05) is 18.0 Å². The van der Waals surface area contributed by atoms with E-state index in [0.29, 0.717) is 0 Å². The molecule has 0 atom stereocenters. The molecule has 1 rings (SSSR count). The van der Waals surface area contributed by atoms with Gasteiger partial charge in [-0.25, -0.2) is 4.79 Å². The number of hydrogen-bond acceptors (Lipinski definition) is 5. The Hall–Kier alpha value is -1.39. The van der Waals surface area contributed by atoms with Crippen LogP contribution in [-0.2, 0) is 19.2 Å². The Bertz CT molecular complexity index is 354. The van der Waals surface area contributed by atoms with Crippen LogP contribution in [-0.4, -0.2) is 29.7 Å². The quantitative estimate of drug-likeness (QED) is 0.253. The highest BCUT2D eigenvalue weighted by molar-refractivity contribution is 6.63. The summed E-state index contributed by atoms with van der Waals surface area (Å²) in [6.07, 6.45) is 6.34. The Morgan fingerprint density at radius 1 is 1.16 bits per heavy atom. The van der Waals surface area contributed by atoms with Gasteiger partial charge in [0.15, 0.2) is 5.78 Å². The van der Waals surface area contributed by atoms with E-state index >= 15 is 0 Å². The predicted octanol–water partition coefficient (Wildman–Crippen LogP) is 2.62. The monoisotopic (exact) mass is 269 g/mol. The number of rotatable bonds is 5. The van der Waals surface area contributed by atoms with Gasteiger partial charge in [-0.3, -0.25) is 4.79 Å². The smallest absolute Gasteiger partial charge is 0.364 e. The largest absolute Gasteiger partial charge is 0.461 e. The van der Waals surface area contributed by atoms with Gasteiger partial charge < -0.3 is 9.57 Å². The summed E-state index contributed by atoms with van der Waals surface area (Å²) in [5.41, 5.74) is -0.642. The molecule has 0 aromatic rings. The molecule has 1 aliphatic rings. The second kappa shape index (κ2) is 7.26. The maximum atomic E-state index is 11.6. The number of oxime groups is 1. The Balaban J connectivity index is 2.73. The third kappa shape index (κ3) is 5.01. The van der Waals surface area contributed by atoms with Crippen LogP contribution in [0.3, 0.4) is 0 Å². The van der Waals surface area contributed by atoms with Crippen LogP contribution >= 0.6 is 0 Å². The molecule has 1 saturated carbocycles. The first-order chi connectivity index (χ1) is 8.98. The van der Waals surface area contributed by atoms with Crippen molar-refractivity contribution in [2.75, 3.05) is 6.61 Å². The maximum absolute atomic E-state index is 11.6. The van der Waals surface area contributed by atoms with Crippen molar-refractivity contribution in [3.8, 4) is 0 Å². The van der Waals surface area contributed by atoms with Gasteiger partial charge in [0.25, 0.3) is 0 Å². The van der Waals surface area contributed by atoms with Crippen LogP contribution in [0.1, 0.15) is 59.3 Å². The molecule has 0 aromatic heterocycles. The summed E-state index contributed by atoms with van der Waals surface area (Å²) in [6.45, 7) is 5.16. The average molecular weight is 269 g/mol. The summed E-state index contributed by atoms with van der Waals surface area (Å²) in [7, 11) is 0. The van der Waals surface area contributed by atoms with E-state index in [-0.39, 0.29) is 17.9 Å².